The van der Waals surface area contributed by atoms with Gasteiger partial charge in [0, 0.05) is 20.6 Å². The van der Waals surface area contributed by atoms with Crippen LogP contribution in [0, 0.1) is 0 Å². The Balaban J connectivity index is 3.48. The van der Waals surface area contributed by atoms with Gasteiger partial charge in [0.05, 0.1) is 0 Å². The fourth-order valence-corrected chi connectivity index (χ4v) is 1.20. The van der Waals surface area contributed by atoms with Crippen molar-refractivity contribution in [2.75, 3.05) is 14.2 Å². The van der Waals surface area contributed by atoms with E-state index in [9.17, 15) is 4.79 Å². The number of carbonyl (C=O) groups excluding carboxylic acids is 1. The molecule has 0 fully saturated rings. The molecule has 0 radical (unpaired) electrons. The van der Waals surface area contributed by atoms with Crippen LogP contribution >= 0.6 is 0 Å². The summed E-state index contributed by atoms with van der Waals surface area (Å²) < 4.78 is 9.69. The van der Waals surface area contributed by atoms with Gasteiger partial charge in [-0.15, -0.1) is 0 Å². The predicted octanol–water partition coefficient (Wildman–Crippen LogP) is 2.14. The molecule has 13 heavy (non-hydrogen) atoms. The lowest BCUT2D eigenvalue weighted by Crippen LogP contribution is -2.24. The van der Waals surface area contributed by atoms with Crippen LogP contribution in [0.15, 0.2) is 0 Å². The minimum Gasteiger partial charge on any atom is -0.349 e. The Bertz CT molecular complexity index is 130. The van der Waals surface area contributed by atoms with Crippen LogP contribution in [0.2, 0.25) is 0 Å². The minimum atomic E-state index is -0.665. The van der Waals surface area contributed by atoms with Crippen molar-refractivity contribution in [3.8, 4) is 0 Å². The minimum absolute atomic E-state index is 0.0427. The van der Waals surface area contributed by atoms with Crippen LogP contribution in [-0.4, -0.2) is 26.3 Å². The first-order valence-electron chi connectivity index (χ1n) is 4.84. The topological polar surface area (TPSA) is 35.5 Å². The van der Waals surface area contributed by atoms with Gasteiger partial charge in [0.1, 0.15) is 0 Å². The molecule has 0 unspecified atom stereocenters. The van der Waals surface area contributed by atoms with Crippen molar-refractivity contribution in [1.29, 1.82) is 0 Å². The summed E-state index contributed by atoms with van der Waals surface area (Å²) in [6, 6.07) is 0. The molecular weight excluding hydrogens is 168 g/mol. The fraction of sp³-hybridized carbons (Fsp3) is 0.900. The van der Waals surface area contributed by atoms with E-state index < -0.39 is 6.29 Å². The highest BCUT2D eigenvalue weighted by molar-refractivity contribution is 5.81. The van der Waals surface area contributed by atoms with E-state index in [0.717, 1.165) is 12.8 Å². The fourth-order valence-electron chi connectivity index (χ4n) is 1.20. The molecule has 3 nitrogen and oxygen atoms in total. The summed E-state index contributed by atoms with van der Waals surface area (Å²) >= 11 is 0. The van der Waals surface area contributed by atoms with Gasteiger partial charge in [0.15, 0.2) is 5.78 Å². The summed E-state index contributed by atoms with van der Waals surface area (Å²) in [6.07, 6.45) is 4.33. The molecule has 0 aromatic heterocycles. The molecule has 0 aromatic rings. The number of unbranched alkanes of at least 4 members (excludes halogenated alkanes) is 3. The Labute approximate surface area is 80.4 Å². The van der Waals surface area contributed by atoms with Gasteiger partial charge < -0.3 is 9.47 Å². The Morgan fingerprint density at radius 3 is 2.23 bits per heavy atom. The van der Waals surface area contributed by atoms with Crippen molar-refractivity contribution in [2.45, 2.75) is 45.3 Å². The third-order valence-electron chi connectivity index (χ3n) is 1.97. The van der Waals surface area contributed by atoms with Crippen LogP contribution in [0.3, 0.4) is 0 Å². The lowest BCUT2D eigenvalue weighted by Gasteiger charge is -2.11. The van der Waals surface area contributed by atoms with Gasteiger partial charge in [0.2, 0.25) is 6.29 Å². The molecule has 0 heterocycles. The number of ketones is 1. The standard InChI is InChI=1S/C10H20O3/c1-4-5-6-7-8-9(11)10(12-2)13-3/h10H,4-8H2,1-3H3. The van der Waals surface area contributed by atoms with Crippen LogP contribution in [0.4, 0.5) is 0 Å². The monoisotopic (exact) mass is 188 g/mol. The number of Topliss-reactive ketones (excluding diaryl/α,β-unsaturated/α-hetero) is 1. The Hall–Kier alpha value is -0.410. The molecule has 0 N–H and O–H groups in total. The van der Waals surface area contributed by atoms with Crippen molar-refractivity contribution < 1.29 is 14.3 Å². The zero-order valence-corrected chi connectivity index (χ0v) is 8.84. The maximum atomic E-state index is 11.3. The lowest BCUT2D eigenvalue weighted by molar-refractivity contribution is -0.156. The molecule has 0 bridgehead atoms. The van der Waals surface area contributed by atoms with Gasteiger partial charge in [-0.25, -0.2) is 0 Å². The van der Waals surface area contributed by atoms with Gasteiger partial charge in [-0.1, -0.05) is 26.2 Å². The second-order valence-corrected chi connectivity index (χ2v) is 3.08. The average molecular weight is 188 g/mol. The molecule has 0 saturated carbocycles. The number of carbonyl (C=O) groups is 1. The van der Waals surface area contributed by atoms with Gasteiger partial charge in [-0.2, -0.15) is 0 Å². The van der Waals surface area contributed by atoms with E-state index in [1.54, 1.807) is 0 Å². The first-order chi connectivity index (χ1) is 6.26. The molecule has 3 heteroatoms. The number of rotatable bonds is 8. The number of ether oxygens (including phenoxy) is 2. The van der Waals surface area contributed by atoms with Gasteiger partial charge in [0.25, 0.3) is 0 Å². The van der Waals surface area contributed by atoms with Crippen molar-refractivity contribution in [3.05, 3.63) is 0 Å². The van der Waals surface area contributed by atoms with Gasteiger partial charge >= 0.3 is 0 Å². The van der Waals surface area contributed by atoms with Crippen LogP contribution in [0.25, 0.3) is 0 Å². The van der Waals surface area contributed by atoms with E-state index >= 15 is 0 Å². The highest BCUT2D eigenvalue weighted by atomic mass is 16.7. The largest absolute Gasteiger partial charge is 0.349 e. The van der Waals surface area contributed by atoms with E-state index in [0.29, 0.717) is 6.42 Å². The third-order valence-corrected chi connectivity index (χ3v) is 1.97. The molecular formula is C10H20O3. The predicted molar refractivity (Wildman–Crippen MR) is 51.6 cm³/mol. The van der Waals surface area contributed by atoms with E-state index in [4.69, 9.17) is 9.47 Å². The zero-order valence-electron chi connectivity index (χ0n) is 8.84. The van der Waals surface area contributed by atoms with E-state index in [-0.39, 0.29) is 5.78 Å². The van der Waals surface area contributed by atoms with Crippen molar-refractivity contribution in [1.82, 2.24) is 0 Å². The molecule has 78 valence electrons. The summed E-state index contributed by atoms with van der Waals surface area (Å²) in [5.74, 6) is 0.0427. The zero-order chi connectivity index (χ0) is 10.1. The Morgan fingerprint density at radius 1 is 1.15 bits per heavy atom. The molecule has 0 aliphatic heterocycles. The highest BCUT2D eigenvalue weighted by Gasteiger charge is 2.15. The quantitative estimate of drug-likeness (QED) is 0.432. The number of hydrogen-bond donors (Lipinski definition) is 0. The number of hydrogen-bond acceptors (Lipinski definition) is 3. The maximum Gasteiger partial charge on any atom is 0.217 e. The first-order valence-corrected chi connectivity index (χ1v) is 4.84. The Kier molecular flexibility index (Phi) is 7.94. The molecule has 0 saturated heterocycles. The molecule has 0 amide bonds. The van der Waals surface area contributed by atoms with Crippen LogP contribution in [0.5, 0.6) is 0 Å². The summed E-state index contributed by atoms with van der Waals surface area (Å²) in [5, 5.41) is 0. The second-order valence-electron chi connectivity index (χ2n) is 3.08. The molecule has 0 rings (SSSR count). The van der Waals surface area contributed by atoms with Crippen molar-refractivity contribution in [2.24, 2.45) is 0 Å². The summed E-state index contributed by atoms with van der Waals surface area (Å²) in [4.78, 5) is 11.3. The molecule has 0 aliphatic carbocycles. The third kappa shape index (κ3) is 5.77. The Morgan fingerprint density at radius 2 is 1.77 bits per heavy atom. The second kappa shape index (κ2) is 8.20. The summed E-state index contributed by atoms with van der Waals surface area (Å²) in [7, 11) is 2.97. The SMILES string of the molecule is CCCCCCC(=O)C(OC)OC. The molecule has 0 aliphatic rings. The van der Waals surface area contributed by atoms with Crippen molar-refractivity contribution in [3.63, 3.8) is 0 Å². The van der Waals surface area contributed by atoms with E-state index in [1.807, 2.05) is 0 Å². The average Bonchev–Trinajstić information content (AvgIpc) is 2.14. The smallest absolute Gasteiger partial charge is 0.217 e. The van der Waals surface area contributed by atoms with Crippen LogP contribution in [-0.2, 0) is 14.3 Å². The van der Waals surface area contributed by atoms with E-state index in [1.165, 1.54) is 27.1 Å². The molecule has 0 spiro atoms. The summed E-state index contributed by atoms with van der Waals surface area (Å²) in [6.45, 7) is 2.15. The van der Waals surface area contributed by atoms with E-state index in [2.05, 4.69) is 6.92 Å². The maximum absolute atomic E-state index is 11.3. The van der Waals surface area contributed by atoms with Gasteiger partial charge in [-0.05, 0) is 6.42 Å². The normalized spacial score (nSPS) is 10.8. The first kappa shape index (κ1) is 12.6. The van der Waals surface area contributed by atoms with Crippen LogP contribution in [0.1, 0.15) is 39.0 Å². The highest BCUT2D eigenvalue weighted by Crippen LogP contribution is 2.06. The van der Waals surface area contributed by atoms with Crippen LogP contribution < -0.4 is 0 Å². The van der Waals surface area contributed by atoms with Crippen molar-refractivity contribution >= 4 is 5.78 Å². The molecule has 0 atom stereocenters. The lowest BCUT2D eigenvalue weighted by atomic mass is 10.1. The number of methoxy groups -OCH3 is 2. The summed E-state index contributed by atoms with van der Waals surface area (Å²) in [5.41, 5.74) is 0. The van der Waals surface area contributed by atoms with Gasteiger partial charge in [-0.3, -0.25) is 4.79 Å². The molecule has 0 aromatic carbocycles.